The lowest BCUT2D eigenvalue weighted by Crippen LogP contribution is -2.60. The van der Waals surface area contributed by atoms with E-state index in [0.29, 0.717) is 0 Å². The SMILES string of the molecule is Fc1c(F)c(F)[c]([Al]([c]2c(F)c(F)c(F)c(F)c2F)[c]2c(F)c(F)c(F)c(F)c2F)c(F)c1F.Fc1c(F)c(F)[c]([Al]([c]2c(F)c(F)c(F)c(F)c2F)[c]2c(F)c(F)c(F)c(F)c2F)c(F)c1F.[C-]#N. The summed E-state index contributed by atoms with van der Waals surface area (Å²) >= 11 is -11.9. The van der Waals surface area contributed by atoms with Gasteiger partial charge in [0, 0.05) is 0 Å². The zero-order valence-corrected chi connectivity index (χ0v) is 33.8. The van der Waals surface area contributed by atoms with Crippen molar-refractivity contribution in [3.63, 3.8) is 0 Å². The van der Waals surface area contributed by atoms with Crippen LogP contribution in [0, 0.1) is 186 Å². The second-order valence-electron chi connectivity index (χ2n) is 12.8. The Bertz CT molecular complexity index is 2500. The van der Waals surface area contributed by atoms with E-state index in [1.807, 2.05) is 0 Å². The monoisotopic (exact) mass is 1080 g/mol. The maximum Gasteiger partial charge on any atom is 0.413 e. The molecule has 0 atom stereocenters. The highest BCUT2D eigenvalue weighted by molar-refractivity contribution is 6.96. The van der Waals surface area contributed by atoms with Crippen molar-refractivity contribution in [1.29, 1.82) is 5.26 Å². The van der Waals surface area contributed by atoms with Crippen LogP contribution in [0.1, 0.15) is 0 Å². The summed E-state index contributed by atoms with van der Waals surface area (Å²) in [5, 5.41) is 6.25. The summed E-state index contributed by atoms with van der Waals surface area (Å²) in [7, 11) is 0. The maximum absolute atomic E-state index is 14.4. The lowest BCUT2D eigenvalue weighted by molar-refractivity contribution is 0.380. The minimum Gasteiger partial charge on any atom is -0.512 e. The molecule has 0 saturated carbocycles. The Morgan fingerprint density at radius 3 is 0.271 bits per heavy atom. The van der Waals surface area contributed by atoms with Gasteiger partial charge in [-0.15, -0.1) is 0 Å². The van der Waals surface area contributed by atoms with Crippen molar-refractivity contribution in [2.75, 3.05) is 0 Å². The topological polar surface area (TPSA) is 23.8 Å². The molecule has 0 aliphatic rings. The van der Waals surface area contributed by atoms with Gasteiger partial charge in [0.1, 0.15) is 0 Å². The van der Waals surface area contributed by atoms with Crippen molar-refractivity contribution in [1.82, 2.24) is 0 Å². The quantitative estimate of drug-likeness (QED) is 0.0539. The lowest BCUT2D eigenvalue weighted by atomic mass is 10.3. The molecule has 70 heavy (non-hydrogen) atoms. The van der Waals surface area contributed by atoms with Crippen molar-refractivity contribution in [3.05, 3.63) is 181 Å². The highest BCUT2D eigenvalue weighted by atomic mass is 27.2. The van der Waals surface area contributed by atoms with Crippen LogP contribution in [0.5, 0.6) is 0 Å². The molecule has 6 aromatic carbocycles. The molecule has 33 heteroatoms. The smallest absolute Gasteiger partial charge is 0.413 e. The molecular weight excluding hydrogens is 1080 g/mol. The van der Waals surface area contributed by atoms with Crippen LogP contribution in [0.15, 0.2) is 0 Å². The molecule has 0 fully saturated rings. The van der Waals surface area contributed by atoms with Gasteiger partial charge in [-0.2, -0.15) is 0 Å². The average Bonchev–Trinajstić information content (AvgIpc) is 3.34. The van der Waals surface area contributed by atoms with Crippen LogP contribution >= 0.6 is 0 Å². The van der Waals surface area contributed by atoms with E-state index in [1.165, 1.54) is 0 Å². The Hall–Kier alpha value is -6.23. The van der Waals surface area contributed by atoms with E-state index in [2.05, 4.69) is 0 Å². The summed E-state index contributed by atoms with van der Waals surface area (Å²) in [6, 6.07) is 0. The zero-order valence-electron chi connectivity index (χ0n) is 31.4. The minimum atomic E-state index is -5.96. The average molecular weight is 1080 g/mol. The van der Waals surface area contributed by atoms with Gasteiger partial charge in [-0.25, -0.2) is 132 Å². The van der Waals surface area contributed by atoms with E-state index >= 15 is 0 Å². The van der Waals surface area contributed by atoms with Crippen LogP contribution in [-0.2, 0) is 0 Å². The maximum atomic E-state index is 14.4. The number of rotatable bonds is 6. The van der Waals surface area contributed by atoms with Crippen molar-refractivity contribution in [2.45, 2.75) is 0 Å². The van der Waals surface area contributed by atoms with E-state index in [0.717, 1.165) is 0 Å². The van der Waals surface area contributed by atoms with Crippen molar-refractivity contribution in [2.24, 2.45) is 0 Å². The molecule has 0 aromatic heterocycles. The van der Waals surface area contributed by atoms with E-state index in [4.69, 9.17) is 11.8 Å². The van der Waals surface area contributed by atoms with E-state index in [-0.39, 0.29) is 0 Å². The van der Waals surface area contributed by atoms with Crippen molar-refractivity contribution >= 4 is 54.8 Å². The third-order valence-corrected chi connectivity index (χ3v) is 15.7. The lowest BCUT2D eigenvalue weighted by Gasteiger charge is -2.20. The van der Waals surface area contributed by atoms with Gasteiger partial charge in [-0.1, -0.05) is 0 Å². The number of nitrogens with zero attached hydrogens (tertiary/aromatic N) is 1. The second kappa shape index (κ2) is 20.6. The van der Waals surface area contributed by atoms with Crippen LogP contribution in [0.4, 0.5) is 132 Å². The Kier molecular flexibility index (Phi) is 16.6. The van der Waals surface area contributed by atoms with Crippen LogP contribution in [-0.4, -0.2) is 28.3 Å². The van der Waals surface area contributed by atoms with Crippen LogP contribution in [0.3, 0.4) is 0 Å². The number of hydrogen-bond acceptors (Lipinski definition) is 1. The van der Waals surface area contributed by atoms with Gasteiger partial charge in [0.05, 0.1) is 0 Å². The zero-order chi connectivity index (χ0) is 53.9. The Balaban J connectivity index is 0.000000294. The molecule has 0 amide bonds. The first-order chi connectivity index (χ1) is 32.3. The van der Waals surface area contributed by atoms with Crippen LogP contribution in [0.2, 0.25) is 0 Å². The summed E-state index contributed by atoms with van der Waals surface area (Å²) in [5.74, 6) is -89.2. The fourth-order valence-electron chi connectivity index (χ4n) is 6.12. The molecule has 0 heterocycles. The third kappa shape index (κ3) is 8.72. The molecule has 0 unspecified atom stereocenters. The highest BCUT2D eigenvalue weighted by Gasteiger charge is 2.49. The molecule has 0 bridgehead atoms. The molecule has 0 spiro atoms. The fraction of sp³-hybridized carbons (Fsp3) is 0. The third-order valence-electron chi connectivity index (χ3n) is 9.19. The van der Waals surface area contributed by atoms with Crippen molar-refractivity contribution < 1.29 is 132 Å². The number of hydrogen-bond donors (Lipinski definition) is 0. The first-order valence-corrected chi connectivity index (χ1v) is 20.1. The molecule has 6 aromatic rings. The number of benzene rings is 6. The molecule has 0 radical (unpaired) electrons. The summed E-state index contributed by atoms with van der Waals surface area (Å²) in [6.45, 7) is 4.75. The predicted octanol–water partition coefficient (Wildman–Crippen LogP) is 8.67. The molecule has 0 aliphatic heterocycles. The van der Waals surface area contributed by atoms with Gasteiger partial charge in [0.25, 0.3) is 0 Å². The largest absolute Gasteiger partial charge is 0.512 e. The normalized spacial score (nSPS) is 11.1. The first kappa shape index (κ1) is 56.4. The molecule has 6 rings (SSSR count). The Morgan fingerprint density at radius 1 is 0.143 bits per heavy atom. The van der Waals surface area contributed by atoms with Gasteiger partial charge in [0.2, 0.25) is 0 Å². The van der Waals surface area contributed by atoms with E-state index in [1.54, 1.807) is 0 Å². The van der Waals surface area contributed by atoms with E-state index in [9.17, 15) is 132 Å². The minimum absolute atomic E-state index is 2.54. The van der Waals surface area contributed by atoms with Crippen LogP contribution < -0.4 is 26.6 Å². The van der Waals surface area contributed by atoms with Gasteiger partial charge in [-0.3, -0.25) is 0 Å². The molecule has 0 saturated heterocycles. The molecule has 1 nitrogen and oxygen atoms in total. The van der Waals surface area contributed by atoms with Gasteiger partial charge in [-0.05, 0) is 26.6 Å². The molecule has 0 aliphatic carbocycles. The second-order valence-corrected chi connectivity index (χ2v) is 18.0. The highest BCUT2D eigenvalue weighted by Crippen LogP contribution is 2.26. The van der Waals surface area contributed by atoms with Crippen molar-refractivity contribution in [3.8, 4) is 0 Å². The summed E-state index contributed by atoms with van der Waals surface area (Å²) in [4.78, 5) is 0. The molecular formula is C37Al2F30N-. The number of halogens is 30. The standard InChI is InChI=1S/6C6F5.CN.2Al/c6*7-2-1-3(8)5(10)6(11)4(2)9;1-2;;/q;;;;;;-1;;. The van der Waals surface area contributed by atoms with Crippen LogP contribution in [0.25, 0.3) is 0 Å². The van der Waals surface area contributed by atoms with Gasteiger partial charge in [0.15, 0.2) is 175 Å². The Morgan fingerprint density at radius 2 is 0.200 bits per heavy atom. The fourth-order valence-corrected chi connectivity index (χ4v) is 12.4. The molecule has 0 N–H and O–H groups in total. The molecule has 370 valence electrons. The van der Waals surface area contributed by atoms with Gasteiger partial charge < -0.3 is 11.8 Å². The summed E-state index contributed by atoms with van der Waals surface area (Å²) in [6.07, 6.45) is 0. The predicted molar refractivity (Wildman–Crippen MR) is 172 cm³/mol. The van der Waals surface area contributed by atoms with E-state index < -0.39 is 229 Å². The summed E-state index contributed by atoms with van der Waals surface area (Å²) < 4.78 is 403. The Labute approximate surface area is 372 Å². The van der Waals surface area contributed by atoms with Gasteiger partial charge >= 0.3 is 28.3 Å². The first-order valence-electron chi connectivity index (χ1n) is 16.6. The summed E-state index contributed by atoms with van der Waals surface area (Å²) in [5.41, 5.74) is 0.